The number of rotatable bonds is 4. The lowest BCUT2D eigenvalue weighted by Gasteiger charge is -2.33. The minimum Gasteiger partial charge on any atom is -0.478 e. The molecule has 2 atom stereocenters. The first-order valence-corrected chi connectivity index (χ1v) is 6.49. The zero-order chi connectivity index (χ0) is 13.7. The monoisotopic (exact) mass is 260 g/mol. The van der Waals surface area contributed by atoms with E-state index in [0.29, 0.717) is 0 Å². The molecular formula is C15H20N2O2. The topological polar surface area (TPSA) is 33.7 Å². The molecule has 1 aliphatic heterocycles. The smallest absolute Gasteiger partial charge is 0.165 e. The van der Waals surface area contributed by atoms with E-state index < -0.39 is 0 Å². The van der Waals surface area contributed by atoms with Gasteiger partial charge in [0.15, 0.2) is 12.3 Å². The number of terminal acetylenes is 1. The number of piperazine rings is 1. The van der Waals surface area contributed by atoms with Crippen molar-refractivity contribution in [2.24, 2.45) is 0 Å². The Labute approximate surface area is 114 Å². The fourth-order valence-corrected chi connectivity index (χ4v) is 1.90. The first-order chi connectivity index (χ1) is 9.19. The second-order valence-electron chi connectivity index (χ2n) is 4.66. The summed E-state index contributed by atoms with van der Waals surface area (Å²) in [5, 5.41) is 3.32. The zero-order valence-corrected chi connectivity index (χ0v) is 11.4. The van der Waals surface area contributed by atoms with Crippen LogP contribution in [0.4, 0.5) is 0 Å². The van der Waals surface area contributed by atoms with Crippen molar-refractivity contribution in [2.75, 3.05) is 26.7 Å². The van der Waals surface area contributed by atoms with Gasteiger partial charge in [0, 0.05) is 19.6 Å². The van der Waals surface area contributed by atoms with E-state index in [1.54, 1.807) is 0 Å². The standard InChI is InChI=1S/C15H20N2O2/c1-4-12(2)18-13-5-7-14(8-6-13)19-15-11-16-9-10-17(15)3/h1,5-8,12,15-16H,9-11H2,2-3H3. The summed E-state index contributed by atoms with van der Waals surface area (Å²) >= 11 is 0. The maximum Gasteiger partial charge on any atom is 0.165 e. The van der Waals surface area contributed by atoms with Crippen molar-refractivity contribution in [3.63, 3.8) is 0 Å². The molecule has 1 N–H and O–H groups in total. The number of nitrogens with zero attached hydrogens (tertiary/aromatic N) is 1. The molecule has 0 amide bonds. The van der Waals surface area contributed by atoms with Crippen LogP contribution in [-0.2, 0) is 0 Å². The first-order valence-electron chi connectivity index (χ1n) is 6.49. The minimum atomic E-state index is -0.222. The van der Waals surface area contributed by atoms with Crippen molar-refractivity contribution in [3.05, 3.63) is 24.3 Å². The normalized spacial score (nSPS) is 21.4. The van der Waals surface area contributed by atoms with Crippen LogP contribution in [0, 0.1) is 12.3 Å². The van der Waals surface area contributed by atoms with Crippen molar-refractivity contribution in [1.29, 1.82) is 0 Å². The number of hydrogen-bond acceptors (Lipinski definition) is 4. The molecule has 0 radical (unpaired) electrons. The second kappa shape index (κ2) is 6.46. The Morgan fingerprint density at radius 1 is 1.37 bits per heavy atom. The van der Waals surface area contributed by atoms with Gasteiger partial charge in [-0.05, 0) is 38.2 Å². The second-order valence-corrected chi connectivity index (χ2v) is 4.66. The number of benzene rings is 1. The van der Waals surface area contributed by atoms with E-state index in [2.05, 4.69) is 23.2 Å². The predicted octanol–water partition coefficient (Wildman–Crippen LogP) is 1.33. The Morgan fingerprint density at radius 2 is 2.05 bits per heavy atom. The molecule has 0 aliphatic carbocycles. The molecule has 4 nitrogen and oxygen atoms in total. The summed E-state index contributed by atoms with van der Waals surface area (Å²) in [4.78, 5) is 2.20. The summed E-state index contributed by atoms with van der Waals surface area (Å²) in [7, 11) is 2.07. The summed E-state index contributed by atoms with van der Waals surface area (Å²) < 4.78 is 11.4. The van der Waals surface area contributed by atoms with E-state index >= 15 is 0 Å². The van der Waals surface area contributed by atoms with Gasteiger partial charge in [-0.3, -0.25) is 4.90 Å². The zero-order valence-electron chi connectivity index (χ0n) is 11.4. The summed E-state index contributed by atoms with van der Waals surface area (Å²) in [6.07, 6.45) is 5.13. The fourth-order valence-electron chi connectivity index (χ4n) is 1.90. The average molecular weight is 260 g/mol. The van der Waals surface area contributed by atoms with Crippen LogP contribution < -0.4 is 14.8 Å². The Bertz CT molecular complexity index is 438. The van der Waals surface area contributed by atoms with Crippen LogP contribution in [0.15, 0.2) is 24.3 Å². The fraction of sp³-hybridized carbons (Fsp3) is 0.467. The van der Waals surface area contributed by atoms with Crippen LogP contribution >= 0.6 is 0 Å². The van der Waals surface area contributed by atoms with Crippen molar-refractivity contribution in [3.8, 4) is 23.8 Å². The van der Waals surface area contributed by atoms with Crippen molar-refractivity contribution < 1.29 is 9.47 Å². The lowest BCUT2D eigenvalue weighted by Crippen LogP contribution is -2.52. The molecule has 102 valence electrons. The molecule has 0 aromatic heterocycles. The van der Waals surface area contributed by atoms with Crippen LogP contribution in [-0.4, -0.2) is 43.9 Å². The molecule has 0 bridgehead atoms. The van der Waals surface area contributed by atoms with Gasteiger partial charge in [0.25, 0.3) is 0 Å². The molecule has 0 saturated carbocycles. The molecule has 1 aromatic rings. The molecular weight excluding hydrogens is 240 g/mol. The summed E-state index contributed by atoms with van der Waals surface area (Å²) in [5.74, 6) is 4.12. The highest BCUT2D eigenvalue weighted by Gasteiger charge is 2.19. The number of ether oxygens (including phenoxy) is 2. The van der Waals surface area contributed by atoms with Gasteiger partial charge >= 0.3 is 0 Å². The third-order valence-corrected chi connectivity index (χ3v) is 3.10. The highest BCUT2D eigenvalue weighted by Crippen LogP contribution is 2.20. The van der Waals surface area contributed by atoms with Gasteiger partial charge in [-0.15, -0.1) is 6.42 Å². The summed E-state index contributed by atoms with van der Waals surface area (Å²) in [6, 6.07) is 7.56. The highest BCUT2D eigenvalue weighted by atomic mass is 16.5. The van der Waals surface area contributed by atoms with Crippen molar-refractivity contribution in [1.82, 2.24) is 10.2 Å². The van der Waals surface area contributed by atoms with Gasteiger partial charge < -0.3 is 14.8 Å². The maximum absolute atomic E-state index is 5.92. The van der Waals surface area contributed by atoms with Gasteiger partial charge in [0.1, 0.15) is 11.5 Å². The van der Waals surface area contributed by atoms with Crippen molar-refractivity contribution >= 4 is 0 Å². The summed E-state index contributed by atoms with van der Waals surface area (Å²) in [5.41, 5.74) is 0. The van der Waals surface area contributed by atoms with Gasteiger partial charge in [0.05, 0.1) is 0 Å². The lowest BCUT2D eigenvalue weighted by molar-refractivity contribution is 0.0266. The van der Waals surface area contributed by atoms with E-state index in [1.165, 1.54) is 0 Å². The molecule has 2 rings (SSSR count). The minimum absolute atomic E-state index is 0.0742. The average Bonchev–Trinajstić information content (AvgIpc) is 2.43. The molecule has 1 aromatic carbocycles. The molecule has 0 spiro atoms. The molecule has 4 heteroatoms. The Morgan fingerprint density at radius 3 is 2.68 bits per heavy atom. The van der Waals surface area contributed by atoms with Crippen LogP contribution in [0.25, 0.3) is 0 Å². The molecule has 2 unspecified atom stereocenters. The van der Waals surface area contributed by atoms with Crippen molar-refractivity contribution in [2.45, 2.75) is 19.3 Å². The molecule has 1 saturated heterocycles. The lowest BCUT2D eigenvalue weighted by atomic mass is 10.3. The maximum atomic E-state index is 5.92. The SMILES string of the molecule is C#CC(C)Oc1ccc(OC2CNCCN2C)cc1. The first kappa shape index (κ1) is 13.7. The van der Waals surface area contributed by atoms with E-state index in [4.69, 9.17) is 15.9 Å². The third-order valence-electron chi connectivity index (χ3n) is 3.10. The number of hydrogen-bond donors (Lipinski definition) is 1. The van der Waals surface area contributed by atoms with E-state index in [9.17, 15) is 0 Å². The molecule has 19 heavy (non-hydrogen) atoms. The predicted molar refractivity (Wildman–Crippen MR) is 75.3 cm³/mol. The molecule has 1 fully saturated rings. The largest absolute Gasteiger partial charge is 0.478 e. The number of likely N-dealkylation sites (N-methyl/N-ethyl adjacent to an activating group) is 1. The van der Waals surface area contributed by atoms with Crippen LogP contribution in [0.3, 0.4) is 0 Å². The quantitative estimate of drug-likeness (QED) is 0.828. The molecule has 1 aliphatic rings. The van der Waals surface area contributed by atoms with Gasteiger partial charge in [-0.2, -0.15) is 0 Å². The van der Waals surface area contributed by atoms with Gasteiger partial charge in [-0.25, -0.2) is 0 Å². The van der Waals surface area contributed by atoms with E-state index in [0.717, 1.165) is 31.1 Å². The Balaban J connectivity index is 1.93. The van der Waals surface area contributed by atoms with Crippen LogP contribution in [0.5, 0.6) is 11.5 Å². The van der Waals surface area contributed by atoms with Crippen LogP contribution in [0.2, 0.25) is 0 Å². The highest BCUT2D eigenvalue weighted by molar-refractivity contribution is 5.32. The van der Waals surface area contributed by atoms with Crippen LogP contribution in [0.1, 0.15) is 6.92 Å². The Kier molecular flexibility index (Phi) is 4.67. The Hall–Kier alpha value is -1.70. The van der Waals surface area contributed by atoms with Gasteiger partial charge in [0.2, 0.25) is 0 Å². The summed E-state index contributed by atoms with van der Waals surface area (Å²) in [6.45, 7) is 4.68. The molecule has 1 heterocycles. The number of nitrogens with one attached hydrogen (secondary N) is 1. The van der Waals surface area contributed by atoms with Gasteiger partial charge in [-0.1, -0.05) is 5.92 Å². The third kappa shape index (κ3) is 3.88. The van der Waals surface area contributed by atoms with E-state index in [-0.39, 0.29) is 12.3 Å². The van der Waals surface area contributed by atoms with E-state index in [1.807, 2.05) is 31.2 Å².